The van der Waals surface area contributed by atoms with E-state index in [4.69, 9.17) is 16.3 Å². The predicted molar refractivity (Wildman–Crippen MR) is 87.8 cm³/mol. The van der Waals surface area contributed by atoms with Gasteiger partial charge < -0.3 is 10.1 Å². The first kappa shape index (κ1) is 18.3. The van der Waals surface area contributed by atoms with E-state index in [1.54, 1.807) is 18.2 Å². The van der Waals surface area contributed by atoms with Crippen molar-refractivity contribution in [3.05, 3.63) is 28.8 Å². The fraction of sp³-hybridized carbons (Fsp3) is 0.588. The maximum atomic E-state index is 12.4. The van der Waals surface area contributed by atoms with Crippen molar-refractivity contribution in [1.29, 1.82) is 0 Å². The Kier molecular flexibility index (Phi) is 5.43. The second-order valence-corrected chi connectivity index (χ2v) is 7.15. The molecule has 2 unspecified atom stereocenters. The SMILES string of the molecule is O=C(NCC1CCN(CC(F)(F)F)C1)C1COc2ccc(Cl)cc2C1. The highest BCUT2D eigenvalue weighted by atomic mass is 35.5. The quantitative estimate of drug-likeness (QED) is 0.878. The zero-order valence-electron chi connectivity index (χ0n) is 13.6. The van der Waals surface area contributed by atoms with Gasteiger partial charge in [-0.15, -0.1) is 0 Å². The summed E-state index contributed by atoms with van der Waals surface area (Å²) in [7, 11) is 0. The first-order valence-electron chi connectivity index (χ1n) is 8.28. The maximum absolute atomic E-state index is 12.4. The summed E-state index contributed by atoms with van der Waals surface area (Å²) < 4.78 is 42.8. The van der Waals surface area contributed by atoms with Crippen molar-refractivity contribution >= 4 is 17.5 Å². The molecule has 2 aliphatic rings. The first-order chi connectivity index (χ1) is 11.8. The largest absolute Gasteiger partial charge is 0.492 e. The number of nitrogens with one attached hydrogen (secondary N) is 1. The van der Waals surface area contributed by atoms with Gasteiger partial charge in [-0.2, -0.15) is 13.2 Å². The first-order valence-corrected chi connectivity index (χ1v) is 8.66. The minimum absolute atomic E-state index is 0.0533. The fourth-order valence-electron chi connectivity index (χ4n) is 3.40. The van der Waals surface area contributed by atoms with Gasteiger partial charge in [0.1, 0.15) is 12.4 Å². The number of likely N-dealkylation sites (tertiary alicyclic amines) is 1. The lowest BCUT2D eigenvalue weighted by molar-refractivity contribution is -0.143. The van der Waals surface area contributed by atoms with Crippen LogP contribution in [0, 0.1) is 11.8 Å². The fourth-order valence-corrected chi connectivity index (χ4v) is 3.59. The summed E-state index contributed by atoms with van der Waals surface area (Å²) in [5.41, 5.74) is 0.899. The molecule has 2 heterocycles. The molecule has 0 saturated carbocycles. The lowest BCUT2D eigenvalue weighted by Gasteiger charge is -2.25. The molecule has 138 valence electrons. The molecule has 1 aromatic rings. The van der Waals surface area contributed by atoms with E-state index in [9.17, 15) is 18.0 Å². The molecule has 0 bridgehead atoms. The molecule has 0 aliphatic carbocycles. The molecule has 1 amide bonds. The van der Waals surface area contributed by atoms with Gasteiger partial charge in [-0.25, -0.2) is 0 Å². The lowest BCUT2D eigenvalue weighted by atomic mass is 9.96. The molecule has 2 aliphatic heterocycles. The molecule has 1 N–H and O–H groups in total. The smallest absolute Gasteiger partial charge is 0.401 e. The molecule has 4 nitrogen and oxygen atoms in total. The number of amides is 1. The molecule has 1 fully saturated rings. The van der Waals surface area contributed by atoms with Gasteiger partial charge in [0.05, 0.1) is 12.5 Å². The highest BCUT2D eigenvalue weighted by Gasteiger charge is 2.34. The third-order valence-electron chi connectivity index (χ3n) is 4.64. The van der Waals surface area contributed by atoms with E-state index < -0.39 is 12.7 Å². The van der Waals surface area contributed by atoms with Gasteiger partial charge in [0.2, 0.25) is 5.91 Å². The van der Waals surface area contributed by atoms with E-state index in [0.717, 1.165) is 11.3 Å². The average molecular weight is 377 g/mol. The summed E-state index contributed by atoms with van der Waals surface area (Å²) in [6.07, 6.45) is -2.96. The summed E-state index contributed by atoms with van der Waals surface area (Å²) in [6, 6.07) is 5.33. The third kappa shape index (κ3) is 5.01. The molecule has 2 atom stereocenters. The van der Waals surface area contributed by atoms with Crippen LogP contribution in [0.15, 0.2) is 18.2 Å². The third-order valence-corrected chi connectivity index (χ3v) is 4.87. The normalized spacial score (nSPS) is 23.8. The standard InChI is InChI=1S/C17H20ClF3N2O2/c18-14-1-2-15-12(6-14)5-13(9-25-15)16(24)22-7-11-3-4-23(8-11)10-17(19,20)21/h1-2,6,11,13H,3-5,7-10H2,(H,22,24). The van der Waals surface area contributed by atoms with Gasteiger partial charge in [0.15, 0.2) is 0 Å². The predicted octanol–water partition coefficient (Wildman–Crippen LogP) is 2.89. The topological polar surface area (TPSA) is 41.6 Å². The van der Waals surface area contributed by atoms with Gasteiger partial charge in [0.25, 0.3) is 0 Å². The number of halogens is 4. The van der Waals surface area contributed by atoms with Crippen molar-refractivity contribution in [2.45, 2.75) is 19.0 Å². The number of ether oxygens (including phenoxy) is 1. The molecular weight excluding hydrogens is 357 g/mol. The Hall–Kier alpha value is -1.47. The van der Waals surface area contributed by atoms with E-state index in [1.807, 2.05) is 0 Å². The van der Waals surface area contributed by atoms with Gasteiger partial charge in [0, 0.05) is 18.1 Å². The van der Waals surface area contributed by atoms with Crippen LogP contribution < -0.4 is 10.1 Å². The Balaban J connectivity index is 1.46. The van der Waals surface area contributed by atoms with Crippen LogP contribution in [0.2, 0.25) is 5.02 Å². The number of rotatable bonds is 4. The van der Waals surface area contributed by atoms with Crippen molar-refractivity contribution in [3.8, 4) is 5.75 Å². The summed E-state index contributed by atoms with van der Waals surface area (Å²) in [5.74, 6) is 0.364. The number of carbonyl (C=O) groups is 1. The molecular formula is C17H20ClF3N2O2. The van der Waals surface area contributed by atoms with Crippen LogP contribution in [-0.2, 0) is 11.2 Å². The summed E-state index contributed by atoms with van der Waals surface area (Å²) in [5, 5.41) is 3.46. The van der Waals surface area contributed by atoms with Crippen LogP contribution in [0.4, 0.5) is 13.2 Å². The number of benzene rings is 1. The number of fused-ring (bicyclic) bond motifs is 1. The van der Waals surface area contributed by atoms with Crippen LogP contribution in [0.1, 0.15) is 12.0 Å². The highest BCUT2D eigenvalue weighted by molar-refractivity contribution is 6.30. The van der Waals surface area contributed by atoms with Crippen molar-refractivity contribution in [2.75, 3.05) is 32.8 Å². The molecule has 0 aromatic heterocycles. The Morgan fingerprint density at radius 2 is 2.20 bits per heavy atom. The Morgan fingerprint density at radius 1 is 1.40 bits per heavy atom. The van der Waals surface area contributed by atoms with E-state index in [0.29, 0.717) is 44.1 Å². The molecule has 8 heteroatoms. The van der Waals surface area contributed by atoms with Crippen LogP contribution in [-0.4, -0.2) is 49.8 Å². The van der Waals surface area contributed by atoms with E-state index in [1.165, 1.54) is 4.90 Å². The zero-order valence-corrected chi connectivity index (χ0v) is 14.4. The molecule has 25 heavy (non-hydrogen) atoms. The van der Waals surface area contributed by atoms with Crippen LogP contribution in [0.5, 0.6) is 5.75 Å². The molecule has 0 radical (unpaired) electrons. The minimum atomic E-state index is -4.17. The molecule has 0 spiro atoms. The van der Waals surface area contributed by atoms with E-state index in [2.05, 4.69) is 5.32 Å². The zero-order chi connectivity index (χ0) is 18.0. The Bertz CT molecular complexity index is 639. The van der Waals surface area contributed by atoms with E-state index >= 15 is 0 Å². The Labute approximate surface area is 149 Å². The monoisotopic (exact) mass is 376 g/mol. The second kappa shape index (κ2) is 7.41. The maximum Gasteiger partial charge on any atom is 0.401 e. The summed E-state index contributed by atoms with van der Waals surface area (Å²) >= 11 is 5.97. The summed E-state index contributed by atoms with van der Waals surface area (Å²) in [4.78, 5) is 13.7. The molecule has 3 rings (SSSR count). The van der Waals surface area contributed by atoms with Crippen LogP contribution in [0.25, 0.3) is 0 Å². The van der Waals surface area contributed by atoms with Gasteiger partial charge >= 0.3 is 6.18 Å². The summed E-state index contributed by atoms with van der Waals surface area (Å²) in [6.45, 7) is 0.584. The Morgan fingerprint density at radius 3 is 2.96 bits per heavy atom. The van der Waals surface area contributed by atoms with Crippen molar-refractivity contribution in [3.63, 3.8) is 0 Å². The van der Waals surface area contributed by atoms with Crippen molar-refractivity contribution in [1.82, 2.24) is 10.2 Å². The number of carbonyl (C=O) groups excluding carboxylic acids is 1. The van der Waals surface area contributed by atoms with Gasteiger partial charge in [-0.1, -0.05) is 11.6 Å². The van der Waals surface area contributed by atoms with Crippen LogP contribution >= 0.6 is 11.6 Å². The molecule has 1 saturated heterocycles. The lowest BCUT2D eigenvalue weighted by Crippen LogP contribution is -2.40. The number of alkyl halides is 3. The number of hydrogen-bond donors (Lipinski definition) is 1. The van der Waals surface area contributed by atoms with Crippen LogP contribution in [0.3, 0.4) is 0 Å². The molecule has 1 aromatic carbocycles. The second-order valence-electron chi connectivity index (χ2n) is 6.71. The van der Waals surface area contributed by atoms with Gasteiger partial charge in [-0.3, -0.25) is 9.69 Å². The minimum Gasteiger partial charge on any atom is -0.492 e. The van der Waals surface area contributed by atoms with Crippen molar-refractivity contribution in [2.24, 2.45) is 11.8 Å². The van der Waals surface area contributed by atoms with Crippen molar-refractivity contribution < 1.29 is 22.7 Å². The van der Waals surface area contributed by atoms with Gasteiger partial charge in [-0.05, 0) is 49.1 Å². The average Bonchev–Trinajstić information content (AvgIpc) is 2.97. The van der Waals surface area contributed by atoms with E-state index in [-0.39, 0.29) is 17.7 Å². The number of nitrogens with zero attached hydrogens (tertiary/aromatic N) is 1. The number of hydrogen-bond acceptors (Lipinski definition) is 3. The highest BCUT2D eigenvalue weighted by Crippen LogP contribution is 2.30.